The molecule has 0 aliphatic heterocycles. The largest absolute Gasteiger partial charge is 0.340 e. The lowest BCUT2D eigenvalue weighted by molar-refractivity contribution is -0.121. The van der Waals surface area contributed by atoms with Crippen LogP contribution in [0.3, 0.4) is 0 Å². The van der Waals surface area contributed by atoms with E-state index in [1.807, 2.05) is 26.8 Å². The highest BCUT2D eigenvalue weighted by Crippen LogP contribution is 2.19. The van der Waals surface area contributed by atoms with Crippen LogP contribution in [0.4, 0.5) is 5.82 Å². The summed E-state index contributed by atoms with van der Waals surface area (Å²) in [5, 5.41) is 3.17. The number of nitrogens with zero attached hydrogens (tertiary/aromatic N) is 2. The van der Waals surface area contributed by atoms with Gasteiger partial charge in [0.05, 0.1) is 10.6 Å². The highest BCUT2D eigenvalue weighted by atomic mass is 79.9. The fourth-order valence-corrected chi connectivity index (χ4v) is 2.96. The number of pyridine rings is 1. The van der Waals surface area contributed by atoms with Crippen molar-refractivity contribution in [1.82, 2.24) is 10.3 Å². The van der Waals surface area contributed by atoms with Gasteiger partial charge in [0.15, 0.2) is 0 Å². The molecule has 0 radical (unpaired) electrons. The number of likely N-dealkylation sites (N-methyl/N-ethyl adjacent to an activating group) is 1. The van der Waals surface area contributed by atoms with E-state index in [-0.39, 0.29) is 17.7 Å². The van der Waals surface area contributed by atoms with Crippen molar-refractivity contribution >= 4 is 45.2 Å². The molecule has 2 rings (SSSR count). The van der Waals surface area contributed by atoms with Gasteiger partial charge in [-0.3, -0.25) is 14.5 Å². The fourth-order valence-electron chi connectivity index (χ4n) is 2.50. The molecule has 0 saturated carbocycles. The third kappa shape index (κ3) is 4.83. The smallest absolute Gasteiger partial charge is 0.253 e. The Hall–Kier alpha value is -1.92. The summed E-state index contributed by atoms with van der Waals surface area (Å²) in [6.45, 7) is 6.09. The number of carbonyl (C=O) groups excluding carboxylic acids is 2. The van der Waals surface area contributed by atoms with Crippen molar-refractivity contribution in [3.05, 3.63) is 57.7 Å². The summed E-state index contributed by atoms with van der Waals surface area (Å²) in [5.41, 5.74) is 0.345. The van der Waals surface area contributed by atoms with Gasteiger partial charge in [0.25, 0.3) is 11.8 Å². The highest BCUT2D eigenvalue weighted by molar-refractivity contribution is 9.10. The van der Waals surface area contributed by atoms with Crippen molar-refractivity contribution in [3.63, 3.8) is 0 Å². The topological polar surface area (TPSA) is 62.3 Å². The molecule has 0 saturated heterocycles. The summed E-state index contributed by atoms with van der Waals surface area (Å²) in [6, 6.07) is 9.66. The van der Waals surface area contributed by atoms with Gasteiger partial charge in [-0.15, -0.1) is 0 Å². The second kappa shape index (κ2) is 9.14. The number of rotatable bonds is 6. The van der Waals surface area contributed by atoms with Crippen molar-refractivity contribution in [1.29, 1.82) is 0 Å². The maximum absolute atomic E-state index is 13.1. The minimum Gasteiger partial charge on any atom is -0.340 e. The van der Waals surface area contributed by atoms with Crippen LogP contribution < -0.4 is 10.2 Å². The molecule has 138 valence electrons. The van der Waals surface area contributed by atoms with E-state index in [2.05, 4.69) is 26.2 Å². The molecule has 1 aromatic carbocycles. The van der Waals surface area contributed by atoms with Crippen molar-refractivity contribution in [3.8, 4) is 0 Å². The minimum absolute atomic E-state index is 0.0987. The van der Waals surface area contributed by atoms with Crippen LogP contribution in [0.25, 0.3) is 0 Å². The second-order valence-electron chi connectivity index (χ2n) is 6.09. The van der Waals surface area contributed by atoms with Crippen molar-refractivity contribution < 1.29 is 9.59 Å². The van der Waals surface area contributed by atoms with Gasteiger partial charge in [0.1, 0.15) is 11.9 Å². The zero-order valence-electron chi connectivity index (χ0n) is 14.9. The van der Waals surface area contributed by atoms with E-state index < -0.39 is 6.04 Å². The first-order valence-corrected chi connectivity index (χ1v) is 9.50. The average Bonchev–Trinajstić information content (AvgIpc) is 2.61. The minimum atomic E-state index is -0.691. The molecule has 0 bridgehead atoms. The van der Waals surface area contributed by atoms with Gasteiger partial charge < -0.3 is 5.32 Å². The Morgan fingerprint density at radius 1 is 1.23 bits per heavy atom. The molecule has 1 atom stereocenters. The van der Waals surface area contributed by atoms with Crippen LogP contribution in [0, 0.1) is 5.92 Å². The maximum atomic E-state index is 13.1. The lowest BCUT2D eigenvalue weighted by Gasteiger charge is -2.28. The van der Waals surface area contributed by atoms with Gasteiger partial charge in [0, 0.05) is 17.2 Å². The third-order valence-corrected chi connectivity index (χ3v) is 4.71. The lowest BCUT2D eigenvalue weighted by atomic mass is 10.0. The van der Waals surface area contributed by atoms with E-state index in [1.54, 1.807) is 41.4 Å². The van der Waals surface area contributed by atoms with Gasteiger partial charge in [0.2, 0.25) is 0 Å². The predicted molar refractivity (Wildman–Crippen MR) is 108 cm³/mol. The van der Waals surface area contributed by atoms with Gasteiger partial charge in [-0.05, 0) is 53.0 Å². The maximum Gasteiger partial charge on any atom is 0.253 e. The van der Waals surface area contributed by atoms with Crippen LogP contribution in [0.15, 0.2) is 47.1 Å². The summed E-state index contributed by atoms with van der Waals surface area (Å²) < 4.78 is 0.831. The molecule has 0 fully saturated rings. The molecule has 2 amide bonds. The molecule has 0 aliphatic carbocycles. The molecule has 26 heavy (non-hydrogen) atoms. The number of hydrogen-bond acceptors (Lipinski definition) is 3. The Balaban J connectivity index is 2.24. The first kappa shape index (κ1) is 20.4. The number of halogens is 2. The average molecular weight is 439 g/mol. The first-order chi connectivity index (χ1) is 12.3. The summed E-state index contributed by atoms with van der Waals surface area (Å²) in [4.78, 5) is 31.5. The first-order valence-electron chi connectivity index (χ1n) is 8.33. The Bertz CT molecular complexity index is 781. The second-order valence-corrected chi connectivity index (χ2v) is 7.41. The monoisotopic (exact) mass is 437 g/mol. The molecule has 0 aliphatic rings. The Kier molecular flexibility index (Phi) is 7.17. The van der Waals surface area contributed by atoms with Crippen LogP contribution in [-0.4, -0.2) is 29.4 Å². The molecule has 7 heteroatoms. The Labute approximate surface area is 166 Å². The standard InChI is InChI=1S/C19H21BrClN3O2/c1-4-24(16-10-9-13(20)11-22-16)19(26)17(12(2)3)23-18(25)14-7-5-6-8-15(14)21/h5-12,17H,4H2,1-3H3,(H,23,25). The van der Waals surface area contributed by atoms with E-state index in [9.17, 15) is 9.59 Å². The van der Waals surface area contributed by atoms with E-state index in [0.717, 1.165) is 4.47 Å². The molecule has 5 nitrogen and oxygen atoms in total. The summed E-state index contributed by atoms with van der Waals surface area (Å²) in [6.07, 6.45) is 1.64. The number of aromatic nitrogens is 1. The van der Waals surface area contributed by atoms with Crippen LogP contribution >= 0.6 is 27.5 Å². The number of amides is 2. The van der Waals surface area contributed by atoms with Gasteiger partial charge >= 0.3 is 0 Å². The van der Waals surface area contributed by atoms with E-state index in [4.69, 9.17) is 11.6 Å². The van der Waals surface area contributed by atoms with E-state index >= 15 is 0 Å². The lowest BCUT2D eigenvalue weighted by Crippen LogP contribution is -2.51. The SMILES string of the molecule is CCN(C(=O)C(NC(=O)c1ccccc1Cl)C(C)C)c1ccc(Br)cn1. The van der Waals surface area contributed by atoms with Gasteiger partial charge in [-0.25, -0.2) is 4.98 Å². The zero-order chi connectivity index (χ0) is 19.3. The molecule has 1 unspecified atom stereocenters. The Morgan fingerprint density at radius 2 is 1.92 bits per heavy atom. The fraction of sp³-hybridized carbons (Fsp3) is 0.316. The predicted octanol–water partition coefficient (Wildman–Crippen LogP) is 4.31. The summed E-state index contributed by atoms with van der Waals surface area (Å²) >= 11 is 9.43. The van der Waals surface area contributed by atoms with Gasteiger partial charge in [-0.2, -0.15) is 0 Å². The quantitative estimate of drug-likeness (QED) is 0.731. The van der Waals surface area contributed by atoms with Gasteiger partial charge in [-0.1, -0.05) is 37.6 Å². The molecule has 1 N–H and O–H groups in total. The van der Waals surface area contributed by atoms with Crippen molar-refractivity contribution in [2.24, 2.45) is 5.92 Å². The van der Waals surface area contributed by atoms with E-state index in [0.29, 0.717) is 22.9 Å². The number of benzene rings is 1. The van der Waals surface area contributed by atoms with Crippen molar-refractivity contribution in [2.75, 3.05) is 11.4 Å². The normalized spacial score (nSPS) is 11.9. The molecular weight excluding hydrogens is 418 g/mol. The van der Waals surface area contributed by atoms with Crippen LogP contribution in [-0.2, 0) is 4.79 Å². The molecule has 1 heterocycles. The number of carbonyl (C=O) groups is 2. The van der Waals surface area contributed by atoms with E-state index in [1.165, 1.54) is 0 Å². The number of hydrogen-bond donors (Lipinski definition) is 1. The zero-order valence-corrected chi connectivity index (χ0v) is 17.2. The van der Waals surface area contributed by atoms with Crippen LogP contribution in [0.5, 0.6) is 0 Å². The summed E-state index contributed by atoms with van der Waals surface area (Å²) in [7, 11) is 0. The highest BCUT2D eigenvalue weighted by Gasteiger charge is 2.30. The number of anilines is 1. The molecule has 0 spiro atoms. The molecular formula is C19H21BrClN3O2. The van der Waals surface area contributed by atoms with Crippen LogP contribution in [0.2, 0.25) is 5.02 Å². The summed E-state index contributed by atoms with van der Waals surface area (Å²) in [5.74, 6) is -0.142. The Morgan fingerprint density at radius 3 is 2.46 bits per heavy atom. The number of nitrogens with one attached hydrogen (secondary N) is 1. The van der Waals surface area contributed by atoms with Crippen molar-refractivity contribution in [2.45, 2.75) is 26.8 Å². The van der Waals surface area contributed by atoms with Crippen LogP contribution in [0.1, 0.15) is 31.1 Å². The molecule has 2 aromatic rings. The third-order valence-electron chi connectivity index (χ3n) is 3.91. The molecule has 1 aromatic heterocycles.